The first-order valence-corrected chi connectivity index (χ1v) is 4.89. The molecule has 0 nitrogen and oxygen atoms in total. The van der Waals surface area contributed by atoms with Gasteiger partial charge < -0.3 is 0 Å². The zero-order valence-electron chi connectivity index (χ0n) is 8.35. The second kappa shape index (κ2) is 2.25. The summed E-state index contributed by atoms with van der Waals surface area (Å²) in [7, 11) is 0. The molecule has 0 heteroatoms. The number of hydrogen-bond donors (Lipinski definition) is 0. The molecule has 1 fully saturated rings. The molecule has 2 bridgehead atoms. The highest BCUT2D eigenvalue weighted by molar-refractivity contribution is 5.31. The molecule has 12 heavy (non-hydrogen) atoms. The Hall–Kier alpha value is -0.520. The molecule has 0 aromatic rings. The summed E-state index contributed by atoms with van der Waals surface area (Å²) in [6, 6.07) is 0. The van der Waals surface area contributed by atoms with Gasteiger partial charge in [-0.3, -0.25) is 0 Å². The third-order valence-electron chi connectivity index (χ3n) is 4.23. The SMILES string of the molecule is C=CC1(C)CC2CC1C(C)=C2C. The summed E-state index contributed by atoms with van der Waals surface area (Å²) in [5.74, 6) is 1.68. The lowest BCUT2D eigenvalue weighted by Crippen LogP contribution is -2.22. The lowest BCUT2D eigenvalue weighted by Gasteiger charge is -2.32. The number of fused-ring (bicyclic) bond motifs is 2. The fraction of sp³-hybridized carbons (Fsp3) is 0.667. The molecule has 0 heterocycles. The largest absolute Gasteiger partial charge is 0.103 e. The molecule has 0 spiro atoms. The van der Waals surface area contributed by atoms with Crippen LogP contribution in [0.15, 0.2) is 23.8 Å². The van der Waals surface area contributed by atoms with Gasteiger partial charge in [-0.25, -0.2) is 0 Å². The quantitative estimate of drug-likeness (QED) is 0.517. The van der Waals surface area contributed by atoms with Gasteiger partial charge in [-0.2, -0.15) is 0 Å². The first kappa shape index (κ1) is 8.10. The van der Waals surface area contributed by atoms with Crippen LogP contribution in [0.3, 0.4) is 0 Å². The maximum absolute atomic E-state index is 3.97. The van der Waals surface area contributed by atoms with Crippen LogP contribution in [0.4, 0.5) is 0 Å². The van der Waals surface area contributed by atoms with E-state index in [-0.39, 0.29) is 0 Å². The highest BCUT2D eigenvalue weighted by Crippen LogP contribution is 2.58. The van der Waals surface area contributed by atoms with Crippen LogP contribution in [-0.2, 0) is 0 Å². The summed E-state index contributed by atoms with van der Waals surface area (Å²) in [5.41, 5.74) is 3.72. The molecule has 0 saturated heterocycles. The molecule has 0 aliphatic heterocycles. The van der Waals surface area contributed by atoms with Crippen molar-refractivity contribution in [3.63, 3.8) is 0 Å². The van der Waals surface area contributed by atoms with Gasteiger partial charge in [0.15, 0.2) is 0 Å². The van der Waals surface area contributed by atoms with Gasteiger partial charge in [0, 0.05) is 0 Å². The van der Waals surface area contributed by atoms with Crippen LogP contribution in [0.1, 0.15) is 33.6 Å². The minimum Gasteiger partial charge on any atom is -0.103 e. The van der Waals surface area contributed by atoms with Crippen molar-refractivity contribution in [2.24, 2.45) is 17.3 Å². The van der Waals surface area contributed by atoms with Crippen LogP contribution >= 0.6 is 0 Å². The van der Waals surface area contributed by atoms with Gasteiger partial charge in [-0.1, -0.05) is 24.1 Å². The van der Waals surface area contributed by atoms with Gasteiger partial charge in [0.25, 0.3) is 0 Å². The van der Waals surface area contributed by atoms with Crippen molar-refractivity contribution < 1.29 is 0 Å². The van der Waals surface area contributed by atoms with E-state index in [0.29, 0.717) is 5.41 Å². The molecule has 1 saturated carbocycles. The smallest absolute Gasteiger partial charge is 0.00779 e. The van der Waals surface area contributed by atoms with Gasteiger partial charge >= 0.3 is 0 Å². The van der Waals surface area contributed by atoms with Crippen molar-refractivity contribution in [3.8, 4) is 0 Å². The predicted molar refractivity (Wildman–Crippen MR) is 52.9 cm³/mol. The Bertz CT molecular complexity index is 259. The average Bonchev–Trinajstić information content (AvgIpc) is 2.52. The molecule has 0 aromatic heterocycles. The second-order valence-electron chi connectivity index (χ2n) is 4.77. The van der Waals surface area contributed by atoms with Crippen LogP contribution in [-0.4, -0.2) is 0 Å². The van der Waals surface area contributed by atoms with Gasteiger partial charge in [-0.15, -0.1) is 6.58 Å². The second-order valence-corrected chi connectivity index (χ2v) is 4.77. The van der Waals surface area contributed by atoms with Crippen LogP contribution in [0.25, 0.3) is 0 Å². The lowest BCUT2D eigenvalue weighted by atomic mass is 9.73. The Morgan fingerprint density at radius 1 is 1.42 bits per heavy atom. The molecule has 3 unspecified atom stereocenters. The van der Waals surface area contributed by atoms with Crippen molar-refractivity contribution in [2.75, 3.05) is 0 Å². The molecule has 2 aliphatic carbocycles. The molecule has 3 atom stereocenters. The maximum atomic E-state index is 3.97. The van der Waals surface area contributed by atoms with Gasteiger partial charge in [0.2, 0.25) is 0 Å². The van der Waals surface area contributed by atoms with Crippen LogP contribution in [0.2, 0.25) is 0 Å². The van der Waals surface area contributed by atoms with E-state index in [0.717, 1.165) is 11.8 Å². The van der Waals surface area contributed by atoms with Gasteiger partial charge in [0.1, 0.15) is 0 Å². The minimum absolute atomic E-state index is 0.411. The zero-order valence-corrected chi connectivity index (χ0v) is 8.35. The summed E-state index contributed by atoms with van der Waals surface area (Å²) >= 11 is 0. The first-order valence-electron chi connectivity index (χ1n) is 4.89. The Morgan fingerprint density at radius 3 is 2.50 bits per heavy atom. The van der Waals surface area contributed by atoms with E-state index < -0.39 is 0 Å². The summed E-state index contributed by atoms with van der Waals surface area (Å²) in [6.45, 7) is 10.9. The molecule has 0 radical (unpaired) electrons. The minimum atomic E-state index is 0.411. The van der Waals surface area contributed by atoms with Crippen molar-refractivity contribution in [1.82, 2.24) is 0 Å². The van der Waals surface area contributed by atoms with E-state index in [9.17, 15) is 0 Å². The molecule has 0 aromatic carbocycles. The Morgan fingerprint density at radius 2 is 2.08 bits per heavy atom. The Kier molecular flexibility index (Phi) is 1.51. The molecule has 2 rings (SSSR count). The summed E-state index contributed by atoms with van der Waals surface area (Å²) in [5, 5.41) is 0. The summed E-state index contributed by atoms with van der Waals surface area (Å²) < 4.78 is 0. The standard InChI is InChI=1S/C12H18/c1-5-12(4)7-10-6-11(12)9(3)8(10)2/h5,10-11H,1,6-7H2,2-4H3. The van der Waals surface area contributed by atoms with Crippen LogP contribution in [0.5, 0.6) is 0 Å². The van der Waals surface area contributed by atoms with E-state index in [1.54, 1.807) is 11.1 Å². The van der Waals surface area contributed by atoms with Crippen molar-refractivity contribution in [2.45, 2.75) is 33.6 Å². The topological polar surface area (TPSA) is 0 Å². The average molecular weight is 162 g/mol. The number of hydrogen-bond acceptors (Lipinski definition) is 0. The van der Waals surface area contributed by atoms with E-state index in [4.69, 9.17) is 0 Å². The number of allylic oxidation sites excluding steroid dienone is 3. The van der Waals surface area contributed by atoms with Crippen LogP contribution < -0.4 is 0 Å². The lowest BCUT2D eigenvalue weighted by molar-refractivity contribution is 0.334. The summed E-state index contributed by atoms with van der Waals surface area (Å²) in [4.78, 5) is 0. The van der Waals surface area contributed by atoms with Crippen LogP contribution in [0, 0.1) is 17.3 Å². The normalized spacial score (nSPS) is 45.6. The highest BCUT2D eigenvalue weighted by Gasteiger charge is 2.47. The monoisotopic (exact) mass is 162 g/mol. The molecular formula is C12H18. The maximum Gasteiger partial charge on any atom is -0.00779 e. The van der Waals surface area contributed by atoms with Crippen molar-refractivity contribution in [1.29, 1.82) is 0 Å². The van der Waals surface area contributed by atoms with E-state index in [1.165, 1.54) is 12.8 Å². The van der Waals surface area contributed by atoms with E-state index in [2.05, 4.69) is 33.4 Å². The van der Waals surface area contributed by atoms with Crippen molar-refractivity contribution >= 4 is 0 Å². The van der Waals surface area contributed by atoms with Gasteiger partial charge in [0.05, 0.1) is 0 Å². The molecule has 0 N–H and O–H groups in total. The van der Waals surface area contributed by atoms with E-state index >= 15 is 0 Å². The predicted octanol–water partition coefficient (Wildman–Crippen LogP) is 3.55. The Balaban J connectivity index is 2.39. The first-order chi connectivity index (χ1) is 5.58. The molecular weight excluding hydrogens is 144 g/mol. The third-order valence-corrected chi connectivity index (χ3v) is 4.23. The van der Waals surface area contributed by atoms with E-state index in [1.807, 2.05) is 0 Å². The number of rotatable bonds is 1. The molecule has 2 aliphatic rings. The molecule has 0 amide bonds. The van der Waals surface area contributed by atoms with Crippen molar-refractivity contribution in [3.05, 3.63) is 23.8 Å². The fourth-order valence-electron chi connectivity index (χ4n) is 3.13. The third kappa shape index (κ3) is 0.784. The molecule has 66 valence electrons. The fourth-order valence-corrected chi connectivity index (χ4v) is 3.13. The highest BCUT2D eigenvalue weighted by atomic mass is 14.5. The zero-order chi connectivity index (χ0) is 8.93. The Labute approximate surface area is 75.4 Å². The summed E-state index contributed by atoms with van der Waals surface area (Å²) in [6.07, 6.45) is 4.90. The van der Waals surface area contributed by atoms with Gasteiger partial charge in [-0.05, 0) is 43.9 Å².